The zero-order valence-corrected chi connectivity index (χ0v) is 19.6. The summed E-state index contributed by atoms with van der Waals surface area (Å²) >= 11 is 0. The zero-order valence-electron chi connectivity index (χ0n) is 19.6. The number of para-hydroxylation sites is 1. The van der Waals surface area contributed by atoms with Crippen LogP contribution in [0.1, 0.15) is 39.4 Å². The molecule has 0 fully saturated rings. The van der Waals surface area contributed by atoms with Gasteiger partial charge in [-0.1, -0.05) is 24.3 Å². The highest BCUT2D eigenvalue weighted by Gasteiger charge is 2.38. The second-order valence-corrected chi connectivity index (χ2v) is 8.56. The van der Waals surface area contributed by atoms with Crippen molar-refractivity contribution in [3.05, 3.63) is 94.9 Å². The molecule has 0 bridgehead atoms. The van der Waals surface area contributed by atoms with Crippen molar-refractivity contribution in [2.75, 3.05) is 14.2 Å². The summed E-state index contributed by atoms with van der Waals surface area (Å²) in [5.41, 5.74) is 3.54. The van der Waals surface area contributed by atoms with Crippen LogP contribution in [0.15, 0.2) is 72.6 Å². The molecule has 0 unspecified atom stereocenters. The highest BCUT2D eigenvalue weighted by Crippen LogP contribution is 2.49. The Kier molecular flexibility index (Phi) is 5.18. The summed E-state index contributed by atoms with van der Waals surface area (Å²) in [6, 6.07) is 18.5. The first-order chi connectivity index (χ1) is 17.6. The number of methoxy groups -OCH3 is 2. The number of benzene rings is 3. The zero-order chi connectivity index (χ0) is 24.8. The second kappa shape index (κ2) is 8.53. The smallest absolute Gasteiger partial charge is 0.312 e. The van der Waals surface area contributed by atoms with E-state index in [0.717, 1.165) is 16.5 Å². The van der Waals surface area contributed by atoms with Gasteiger partial charge in [0.15, 0.2) is 17.3 Å². The molecular formula is C29H21NO6. The first kappa shape index (κ1) is 21.9. The van der Waals surface area contributed by atoms with Gasteiger partial charge in [0, 0.05) is 28.6 Å². The number of hydrogen-bond donors (Lipinski definition) is 0. The van der Waals surface area contributed by atoms with Crippen molar-refractivity contribution in [2.45, 2.75) is 12.3 Å². The second-order valence-electron chi connectivity index (χ2n) is 8.56. The lowest BCUT2D eigenvalue weighted by atomic mass is 9.84. The van der Waals surface area contributed by atoms with Crippen LogP contribution in [0, 0.1) is 0 Å². The molecule has 0 spiro atoms. The molecule has 3 heterocycles. The summed E-state index contributed by atoms with van der Waals surface area (Å²) < 4.78 is 22.6. The summed E-state index contributed by atoms with van der Waals surface area (Å²) in [7, 11) is 3.10. The Bertz CT molecular complexity index is 1590. The molecule has 3 aromatic carbocycles. The van der Waals surface area contributed by atoms with Gasteiger partial charge in [-0.2, -0.15) is 0 Å². The lowest BCUT2D eigenvalue weighted by Gasteiger charge is -2.26. The Hall–Kier alpha value is -4.65. The van der Waals surface area contributed by atoms with Crippen LogP contribution in [0.4, 0.5) is 0 Å². The van der Waals surface area contributed by atoms with Crippen LogP contribution < -0.4 is 18.9 Å². The van der Waals surface area contributed by atoms with Crippen LogP contribution in [0.25, 0.3) is 17.0 Å². The predicted molar refractivity (Wildman–Crippen MR) is 133 cm³/mol. The molecule has 7 nitrogen and oxygen atoms in total. The molecule has 7 heteroatoms. The number of nitrogens with zero attached hydrogens (tertiary/aromatic N) is 1. The van der Waals surface area contributed by atoms with Crippen LogP contribution in [-0.4, -0.2) is 31.0 Å². The summed E-state index contributed by atoms with van der Waals surface area (Å²) in [6.07, 6.45) is 3.52. The number of esters is 1. The lowest BCUT2D eigenvalue weighted by Crippen LogP contribution is -2.21. The summed E-state index contributed by atoms with van der Waals surface area (Å²) in [5.74, 6) is 1.09. The van der Waals surface area contributed by atoms with Crippen molar-refractivity contribution >= 4 is 28.7 Å². The van der Waals surface area contributed by atoms with E-state index in [9.17, 15) is 9.59 Å². The molecule has 0 N–H and O–H groups in total. The summed E-state index contributed by atoms with van der Waals surface area (Å²) in [4.78, 5) is 30.2. The summed E-state index contributed by atoms with van der Waals surface area (Å²) in [5, 5.41) is 0.964. The molecule has 36 heavy (non-hydrogen) atoms. The Morgan fingerprint density at radius 3 is 2.69 bits per heavy atom. The van der Waals surface area contributed by atoms with Gasteiger partial charge in [0.1, 0.15) is 11.5 Å². The molecule has 0 saturated heterocycles. The Morgan fingerprint density at radius 2 is 1.86 bits per heavy atom. The lowest BCUT2D eigenvalue weighted by molar-refractivity contribution is -0.135. The third kappa shape index (κ3) is 3.48. The van der Waals surface area contributed by atoms with Crippen molar-refractivity contribution in [1.29, 1.82) is 0 Å². The van der Waals surface area contributed by atoms with Gasteiger partial charge < -0.3 is 18.9 Å². The molecule has 1 aromatic heterocycles. The minimum absolute atomic E-state index is 0.134. The SMILES string of the molecule is COc1cccc(/C=C2\Oc3c(ccc4c3[C@@H](c3ccc5ncccc5c3)CC(=O)O4)C2=O)c1OC. The van der Waals surface area contributed by atoms with E-state index in [1.807, 2.05) is 42.5 Å². The van der Waals surface area contributed by atoms with Crippen LogP contribution >= 0.6 is 0 Å². The van der Waals surface area contributed by atoms with E-state index in [2.05, 4.69) is 4.98 Å². The van der Waals surface area contributed by atoms with Gasteiger partial charge in [-0.05, 0) is 48.0 Å². The molecule has 6 rings (SSSR count). The van der Waals surface area contributed by atoms with Crippen molar-refractivity contribution in [3.63, 3.8) is 0 Å². The van der Waals surface area contributed by atoms with E-state index in [4.69, 9.17) is 18.9 Å². The molecule has 2 aliphatic rings. The highest BCUT2D eigenvalue weighted by atomic mass is 16.5. The van der Waals surface area contributed by atoms with Gasteiger partial charge in [0.25, 0.3) is 0 Å². The molecule has 178 valence electrons. The number of carbonyl (C=O) groups excluding carboxylic acids is 2. The third-order valence-corrected chi connectivity index (χ3v) is 6.53. The monoisotopic (exact) mass is 479 g/mol. The first-order valence-electron chi connectivity index (χ1n) is 11.4. The van der Waals surface area contributed by atoms with Gasteiger partial charge in [-0.15, -0.1) is 0 Å². The number of aromatic nitrogens is 1. The minimum Gasteiger partial charge on any atom is -0.493 e. The number of hydrogen-bond acceptors (Lipinski definition) is 7. The van der Waals surface area contributed by atoms with Gasteiger partial charge >= 0.3 is 5.97 Å². The quantitative estimate of drug-likeness (QED) is 0.223. The van der Waals surface area contributed by atoms with Crippen molar-refractivity contribution in [1.82, 2.24) is 4.98 Å². The standard InChI is InChI=1S/C29H21NO6/c1-33-23-7-3-5-18(28(23)34-2)14-24-27(32)19-9-11-22-26(29(19)36-24)20(15-25(31)35-22)16-8-10-21-17(13-16)6-4-12-30-21/h3-14,20H,15H2,1-2H3/b24-14-/t20-/m1/s1. The Labute approximate surface area is 206 Å². The summed E-state index contributed by atoms with van der Waals surface area (Å²) in [6.45, 7) is 0. The molecular weight excluding hydrogens is 458 g/mol. The number of Topliss-reactive ketones (excluding diaryl/α,β-unsaturated/α-hetero) is 1. The predicted octanol–water partition coefficient (Wildman–Crippen LogP) is 5.31. The van der Waals surface area contributed by atoms with Crippen LogP contribution in [-0.2, 0) is 4.79 Å². The van der Waals surface area contributed by atoms with Gasteiger partial charge in [0.05, 0.1) is 31.7 Å². The first-order valence-corrected chi connectivity index (χ1v) is 11.4. The largest absolute Gasteiger partial charge is 0.493 e. The fraction of sp³-hybridized carbons (Fsp3) is 0.138. The fourth-order valence-corrected chi connectivity index (χ4v) is 4.87. The van der Waals surface area contributed by atoms with Gasteiger partial charge in [-0.3, -0.25) is 14.6 Å². The van der Waals surface area contributed by atoms with E-state index < -0.39 is 0 Å². The van der Waals surface area contributed by atoms with Crippen molar-refractivity contribution in [2.24, 2.45) is 0 Å². The van der Waals surface area contributed by atoms with Gasteiger partial charge in [0.2, 0.25) is 5.78 Å². The highest BCUT2D eigenvalue weighted by molar-refractivity contribution is 6.15. The normalized spacial score (nSPS) is 17.4. The molecule has 0 saturated carbocycles. The number of ether oxygens (including phenoxy) is 4. The van der Waals surface area contributed by atoms with Gasteiger partial charge in [-0.25, -0.2) is 0 Å². The van der Waals surface area contributed by atoms with Crippen molar-refractivity contribution < 1.29 is 28.5 Å². The Balaban J connectivity index is 1.46. The van der Waals surface area contributed by atoms with Crippen LogP contribution in [0.3, 0.4) is 0 Å². The molecule has 2 aliphatic heterocycles. The Morgan fingerprint density at radius 1 is 0.972 bits per heavy atom. The fourth-order valence-electron chi connectivity index (χ4n) is 4.87. The molecule has 1 atom stereocenters. The average Bonchev–Trinajstić information content (AvgIpc) is 3.22. The number of pyridine rings is 1. The minimum atomic E-state index is -0.334. The van der Waals surface area contributed by atoms with Crippen molar-refractivity contribution in [3.8, 4) is 23.0 Å². The van der Waals surface area contributed by atoms with Crippen LogP contribution in [0.5, 0.6) is 23.0 Å². The molecule has 4 aromatic rings. The van der Waals surface area contributed by atoms with E-state index in [0.29, 0.717) is 39.7 Å². The van der Waals surface area contributed by atoms with Crippen LogP contribution in [0.2, 0.25) is 0 Å². The van der Waals surface area contributed by atoms with E-state index in [1.165, 1.54) is 0 Å². The maximum atomic E-state index is 13.3. The van der Waals surface area contributed by atoms with E-state index in [-0.39, 0.29) is 29.9 Å². The molecule has 0 aliphatic carbocycles. The topological polar surface area (TPSA) is 84.0 Å². The van der Waals surface area contributed by atoms with E-state index >= 15 is 0 Å². The maximum Gasteiger partial charge on any atom is 0.312 e. The number of rotatable bonds is 4. The number of fused-ring (bicyclic) bond motifs is 4. The number of carbonyl (C=O) groups is 2. The molecule has 0 amide bonds. The number of ketones is 1. The third-order valence-electron chi connectivity index (χ3n) is 6.53. The number of allylic oxidation sites excluding steroid dienone is 1. The average molecular weight is 479 g/mol. The maximum absolute atomic E-state index is 13.3. The molecule has 0 radical (unpaired) electrons. The van der Waals surface area contributed by atoms with E-state index in [1.54, 1.807) is 44.7 Å².